The van der Waals surface area contributed by atoms with Gasteiger partial charge in [0.05, 0.1) is 18.8 Å². The number of carbonyl (C=O) groups excluding carboxylic acids is 3. The standard InChI is InChI=1S/C19H31N9O7/c1-9(15(31)27-12(18(34)35)3-2-4-24-19(21)22)26-17(33)13(5-10-7-23-8-25-10)28-16(32)11(20)6-14(29)30/h7-9,11-13H,2-6,20H2,1H3,(H,23,25)(H,26,33)(H,27,31)(H,28,32)(H,29,30)(H,34,35)(H4,21,22,24). The number of carboxylic acid groups (broad SMARTS) is 2. The highest BCUT2D eigenvalue weighted by atomic mass is 16.4. The van der Waals surface area contributed by atoms with Crippen LogP contribution in [0.1, 0.15) is 31.9 Å². The first kappa shape index (κ1) is 28.8. The SMILES string of the molecule is CC(NC(=O)C(Cc1cnc[nH]1)NC(=O)C(N)CC(=O)O)C(=O)NC(CCCN=C(N)N)C(=O)O. The molecule has 0 aromatic carbocycles. The predicted molar refractivity (Wildman–Crippen MR) is 122 cm³/mol. The van der Waals surface area contributed by atoms with Gasteiger partial charge in [-0.1, -0.05) is 0 Å². The van der Waals surface area contributed by atoms with E-state index in [0.29, 0.717) is 5.69 Å². The molecular weight excluding hydrogens is 466 g/mol. The first-order chi connectivity index (χ1) is 16.4. The predicted octanol–water partition coefficient (Wildman–Crippen LogP) is -3.63. The second-order valence-electron chi connectivity index (χ2n) is 7.63. The van der Waals surface area contributed by atoms with Gasteiger partial charge in [-0.25, -0.2) is 9.78 Å². The average molecular weight is 498 g/mol. The second kappa shape index (κ2) is 14.1. The maximum atomic E-state index is 12.8. The van der Waals surface area contributed by atoms with Gasteiger partial charge in [-0.2, -0.15) is 0 Å². The van der Waals surface area contributed by atoms with Crippen molar-refractivity contribution in [2.24, 2.45) is 22.2 Å². The Morgan fingerprint density at radius 3 is 2.26 bits per heavy atom. The number of guanidine groups is 1. The van der Waals surface area contributed by atoms with Crippen LogP contribution in [0.3, 0.4) is 0 Å². The molecule has 1 rings (SSSR count). The summed E-state index contributed by atoms with van der Waals surface area (Å²) in [6.45, 7) is 1.50. The van der Waals surface area contributed by atoms with E-state index < -0.39 is 60.2 Å². The lowest BCUT2D eigenvalue weighted by molar-refractivity contribution is -0.142. The number of aliphatic carboxylic acids is 2. The third kappa shape index (κ3) is 11.0. The maximum Gasteiger partial charge on any atom is 0.326 e. The Bertz CT molecular complexity index is 916. The first-order valence-corrected chi connectivity index (χ1v) is 10.5. The van der Waals surface area contributed by atoms with Crippen molar-refractivity contribution in [3.05, 3.63) is 18.2 Å². The van der Waals surface area contributed by atoms with Gasteiger partial charge in [0, 0.05) is 24.9 Å². The number of H-pyrrole nitrogens is 1. The number of hydrogen-bond donors (Lipinski definition) is 9. The molecule has 12 N–H and O–H groups in total. The summed E-state index contributed by atoms with van der Waals surface area (Å²) in [4.78, 5) is 70.1. The Kier molecular flexibility index (Phi) is 11.6. The molecule has 1 heterocycles. The molecule has 0 aliphatic carbocycles. The van der Waals surface area contributed by atoms with Crippen molar-refractivity contribution in [1.82, 2.24) is 25.9 Å². The van der Waals surface area contributed by atoms with Crippen LogP contribution in [-0.2, 0) is 30.4 Å². The fourth-order valence-corrected chi connectivity index (χ4v) is 2.82. The normalized spacial score (nSPS) is 14.0. The Hall–Kier alpha value is -4.21. The molecule has 0 bridgehead atoms. The summed E-state index contributed by atoms with van der Waals surface area (Å²) in [6, 6.07) is -5.05. The average Bonchev–Trinajstić information content (AvgIpc) is 3.27. The highest BCUT2D eigenvalue weighted by molar-refractivity contribution is 5.94. The molecule has 0 aliphatic rings. The van der Waals surface area contributed by atoms with Gasteiger partial charge < -0.3 is 48.3 Å². The van der Waals surface area contributed by atoms with Crippen LogP contribution in [0.4, 0.5) is 0 Å². The third-order valence-corrected chi connectivity index (χ3v) is 4.66. The topological polar surface area (TPSA) is 281 Å². The van der Waals surface area contributed by atoms with Crippen molar-refractivity contribution in [2.75, 3.05) is 6.54 Å². The van der Waals surface area contributed by atoms with Crippen molar-refractivity contribution in [3.63, 3.8) is 0 Å². The zero-order valence-electron chi connectivity index (χ0n) is 19.1. The van der Waals surface area contributed by atoms with Crippen molar-refractivity contribution in [1.29, 1.82) is 0 Å². The van der Waals surface area contributed by atoms with Gasteiger partial charge in [-0.3, -0.25) is 24.2 Å². The number of aromatic amines is 1. The van der Waals surface area contributed by atoms with Crippen LogP contribution >= 0.6 is 0 Å². The number of rotatable bonds is 15. The minimum absolute atomic E-state index is 0.0402. The summed E-state index contributed by atoms with van der Waals surface area (Å²) in [5, 5.41) is 25.2. The molecule has 1 aromatic heterocycles. The largest absolute Gasteiger partial charge is 0.481 e. The number of carbonyl (C=O) groups is 5. The van der Waals surface area contributed by atoms with Gasteiger partial charge in [0.15, 0.2) is 5.96 Å². The van der Waals surface area contributed by atoms with Gasteiger partial charge in [-0.15, -0.1) is 0 Å². The van der Waals surface area contributed by atoms with Gasteiger partial charge in [0.25, 0.3) is 0 Å². The Morgan fingerprint density at radius 1 is 1.06 bits per heavy atom. The lowest BCUT2D eigenvalue weighted by atomic mass is 10.1. The number of nitrogens with zero attached hydrogens (tertiary/aromatic N) is 2. The zero-order valence-corrected chi connectivity index (χ0v) is 19.1. The fraction of sp³-hybridized carbons (Fsp3) is 0.526. The quantitative estimate of drug-likeness (QED) is 0.0647. The van der Waals surface area contributed by atoms with E-state index in [0.717, 1.165) is 0 Å². The second-order valence-corrected chi connectivity index (χ2v) is 7.63. The van der Waals surface area contributed by atoms with Crippen molar-refractivity contribution in [3.8, 4) is 0 Å². The van der Waals surface area contributed by atoms with E-state index in [1.807, 2.05) is 0 Å². The van der Waals surface area contributed by atoms with Gasteiger partial charge in [0.2, 0.25) is 17.7 Å². The van der Waals surface area contributed by atoms with E-state index >= 15 is 0 Å². The van der Waals surface area contributed by atoms with E-state index in [9.17, 15) is 29.1 Å². The molecule has 4 atom stereocenters. The summed E-state index contributed by atoms with van der Waals surface area (Å²) in [5.41, 5.74) is 16.4. The van der Waals surface area contributed by atoms with E-state index in [1.165, 1.54) is 19.4 Å². The molecule has 3 amide bonds. The molecule has 0 aliphatic heterocycles. The van der Waals surface area contributed by atoms with Gasteiger partial charge in [-0.05, 0) is 19.8 Å². The fourth-order valence-electron chi connectivity index (χ4n) is 2.82. The molecule has 194 valence electrons. The van der Waals surface area contributed by atoms with Crippen molar-refractivity contribution >= 4 is 35.6 Å². The summed E-state index contributed by atoms with van der Waals surface area (Å²) in [7, 11) is 0. The first-order valence-electron chi connectivity index (χ1n) is 10.5. The number of carboxylic acids is 2. The lowest BCUT2D eigenvalue weighted by Crippen LogP contribution is -2.57. The summed E-state index contributed by atoms with van der Waals surface area (Å²) in [6.07, 6.45) is 2.39. The van der Waals surface area contributed by atoms with Crippen molar-refractivity contribution in [2.45, 2.75) is 56.8 Å². The highest BCUT2D eigenvalue weighted by Crippen LogP contribution is 2.03. The molecule has 1 aromatic rings. The summed E-state index contributed by atoms with van der Waals surface area (Å²) in [5.74, 6) is -5.15. The molecule has 0 saturated carbocycles. The van der Waals surface area contributed by atoms with Crippen molar-refractivity contribution < 1.29 is 34.2 Å². The van der Waals surface area contributed by atoms with Crippen LogP contribution in [0.2, 0.25) is 0 Å². The molecular formula is C19H31N9O7. The number of aromatic nitrogens is 2. The Morgan fingerprint density at radius 2 is 1.71 bits per heavy atom. The maximum absolute atomic E-state index is 12.8. The van der Waals surface area contributed by atoms with Crippen LogP contribution in [0.15, 0.2) is 17.5 Å². The molecule has 4 unspecified atom stereocenters. The van der Waals surface area contributed by atoms with Crippen LogP contribution in [0.5, 0.6) is 0 Å². The zero-order chi connectivity index (χ0) is 26.5. The molecule has 0 spiro atoms. The molecule has 0 fully saturated rings. The highest BCUT2D eigenvalue weighted by Gasteiger charge is 2.29. The molecule has 35 heavy (non-hydrogen) atoms. The summed E-state index contributed by atoms with van der Waals surface area (Å²) < 4.78 is 0. The van der Waals surface area contributed by atoms with Gasteiger partial charge in [0.1, 0.15) is 18.1 Å². The van der Waals surface area contributed by atoms with E-state index in [4.69, 9.17) is 22.3 Å². The molecule has 16 heteroatoms. The minimum Gasteiger partial charge on any atom is -0.481 e. The van der Waals surface area contributed by atoms with Crippen LogP contribution in [0.25, 0.3) is 0 Å². The minimum atomic E-state index is -1.40. The van der Waals surface area contributed by atoms with E-state index in [1.54, 1.807) is 0 Å². The molecule has 16 nitrogen and oxygen atoms in total. The van der Waals surface area contributed by atoms with Gasteiger partial charge >= 0.3 is 11.9 Å². The Labute approximate surface area is 200 Å². The van der Waals surface area contributed by atoms with E-state index in [-0.39, 0.29) is 31.8 Å². The van der Waals surface area contributed by atoms with Crippen LogP contribution in [0, 0.1) is 0 Å². The van der Waals surface area contributed by atoms with Crippen LogP contribution < -0.4 is 33.2 Å². The number of amides is 3. The number of imidazole rings is 1. The molecule has 0 radical (unpaired) electrons. The van der Waals surface area contributed by atoms with E-state index in [2.05, 4.69) is 30.9 Å². The monoisotopic (exact) mass is 497 g/mol. The van der Waals surface area contributed by atoms with Crippen LogP contribution in [-0.4, -0.2) is 86.5 Å². The smallest absolute Gasteiger partial charge is 0.326 e. The number of nitrogens with two attached hydrogens (primary N) is 3. The Balaban J connectivity index is 2.79. The molecule has 0 saturated heterocycles. The number of hydrogen-bond acceptors (Lipinski definition) is 8. The summed E-state index contributed by atoms with van der Waals surface area (Å²) >= 11 is 0. The number of aliphatic imine (C=N–C) groups is 1. The lowest BCUT2D eigenvalue weighted by Gasteiger charge is -2.23. The third-order valence-electron chi connectivity index (χ3n) is 4.66. The number of nitrogens with one attached hydrogen (secondary N) is 4.